The molecular weight excluding hydrogens is 284 g/mol. The molecule has 0 spiro atoms. The van der Waals surface area contributed by atoms with Crippen LogP contribution in [0.1, 0.15) is 47.5 Å². The predicted molar refractivity (Wildman–Crippen MR) is 84.3 cm³/mol. The van der Waals surface area contributed by atoms with Crippen molar-refractivity contribution in [1.82, 2.24) is 10.2 Å². The highest BCUT2D eigenvalue weighted by Crippen LogP contribution is 2.35. The maximum absolute atomic E-state index is 12.2. The molecule has 1 heterocycles. The number of nitrogens with zero attached hydrogens (tertiary/aromatic N) is 1. The van der Waals surface area contributed by atoms with Crippen molar-refractivity contribution in [2.24, 2.45) is 11.3 Å². The summed E-state index contributed by atoms with van der Waals surface area (Å²) in [6.45, 7) is 11.0. The van der Waals surface area contributed by atoms with Gasteiger partial charge in [0.2, 0.25) is 5.91 Å². The number of carbonyl (C=O) groups is 2. The summed E-state index contributed by atoms with van der Waals surface area (Å²) in [5.74, 6) is 0.230. The fourth-order valence-electron chi connectivity index (χ4n) is 2.66. The van der Waals surface area contributed by atoms with Gasteiger partial charge in [-0.1, -0.05) is 13.8 Å². The summed E-state index contributed by atoms with van der Waals surface area (Å²) in [5.41, 5.74) is -0.953. The second kappa shape index (κ2) is 7.31. The first-order chi connectivity index (χ1) is 10.1. The van der Waals surface area contributed by atoms with E-state index in [0.717, 1.165) is 12.8 Å². The summed E-state index contributed by atoms with van der Waals surface area (Å²) in [4.78, 5) is 26.0. The monoisotopic (exact) mass is 314 g/mol. The first-order valence-electron chi connectivity index (χ1n) is 7.83. The number of hydrogen-bond donors (Lipinski definition) is 1. The summed E-state index contributed by atoms with van der Waals surface area (Å²) in [5, 5.41) is 2.77. The van der Waals surface area contributed by atoms with E-state index in [1.165, 1.54) is 0 Å². The molecular formula is C16H30N2O4. The number of likely N-dealkylation sites (tertiary alicyclic amines) is 1. The van der Waals surface area contributed by atoms with Crippen LogP contribution in [0.4, 0.5) is 4.79 Å². The van der Waals surface area contributed by atoms with E-state index in [-0.39, 0.29) is 24.6 Å². The third-order valence-corrected chi connectivity index (χ3v) is 4.13. The molecule has 1 fully saturated rings. The molecule has 6 nitrogen and oxygen atoms in total. The maximum Gasteiger partial charge on any atom is 0.410 e. The van der Waals surface area contributed by atoms with Gasteiger partial charge in [-0.2, -0.15) is 0 Å². The number of ether oxygens (including phenoxy) is 2. The Kier molecular flexibility index (Phi) is 6.23. The van der Waals surface area contributed by atoms with Gasteiger partial charge in [0.15, 0.2) is 0 Å². The molecule has 1 aliphatic heterocycles. The van der Waals surface area contributed by atoms with Crippen molar-refractivity contribution >= 4 is 12.0 Å². The fourth-order valence-corrected chi connectivity index (χ4v) is 2.66. The normalized spacial score (nSPS) is 17.3. The van der Waals surface area contributed by atoms with Crippen LogP contribution in [0.25, 0.3) is 0 Å². The smallest absolute Gasteiger partial charge is 0.410 e. The van der Waals surface area contributed by atoms with Crippen LogP contribution in [0, 0.1) is 11.3 Å². The van der Waals surface area contributed by atoms with Crippen LogP contribution < -0.4 is 5.32 Å². The number of amides is 2. The molecule has 0 aromatic carbocycles. The van der Waals surface area contributed by atoms with Gasteiger partial charge < -0.3 is 19.7 Å². The molecule has 0 radical (unpaired) electrons. The molecule has 0 bridgehead atoms. The van der Waals surface area contributed by atoms with Crippen molar-refractivity contribution in [2.45, 2.75) is 53.1 Å². The summed E-state index contributed by atoms with van der Waals surface area (Å²) >= 11 is 0. The summed E-state index contributed by atoms with van der Waals surface area (Å²) in [7, 11) is 1.55. The zero-order valence-electron chi connectivity index (χ0n) is 14.7. The number of nitrogens with one attached hydrogen (secondary N) is 1. The first-order valence-corrected chi connectivity index (χ1v) is 7.83. The number of piperidine rings is 1. The van der Waals surface area contributed by atoms with Gasteiger partial charge in [-0.15, -0.1) is 0 Å². The summed E-state index contributed by atoms with van der Waals surface area (Å²) in [6, 6.07) is 0. The Morgan fingerprint density at radius 2 is 1.68 bits per heavy atom. The van der Waals surface area contributed by atoms with Crippen LogP contribution in [-0.4, -0.2) is 49.4 Å². The highest BCUT2D eigenvalue weighted by atomic mass is 16.6. The van der Waals surface area contributed by atoms with Crippen LogP contribution >= 0.6 is 0 Å². The molecule has 1 aliphatic rings. The molecule has 22 heavy (non-hydrogen) atoms. The minimum atomic E-state index is -0.479. The van der Waals surface area contributed by atoms with E-state index in [2.05, 4.69) is 5.32 Å². The Morgan fingerprint density at radius 1 is 1.14 bits per heavy atom. The first kappa shape index (κ1) is 18.7. The number of methoxy groups -OCH3 is 1. The Hall–Kier alpha value is -1.30. The molecule has 0 aliphatic carbocycles. The topological polar surface area (TPSA) is 67.9 Å². The van der Waals surface area contributed by atoms with Gasteiger partial charge in [0.1, 0.15) is 12.3 Å². The van der Waals surface area contributed by atoms with E-state index in [4.69, 9.17) is 9.47 Å². The van der Waals surface area contributed by atoms with Gasteiger partial charge in [0.25, 0.3) is 0 Å². The van der Waals surface area contributed by atoms with Gasteiger partial charge in [-0.25, -0.2) is 4.79 Å². The predicted octanol–water partition coefficient (Wildman–Crippen LogP) is 2.38. The van der Waals surface area contributed by atoms with E-state index < -0.39 is 11.0 Å². The second-order valence-electron chi connectivity index (χ2n) is 7.40. The van der Waals surface area contributed by atoms with Crippen molar-refractivity contribution in [2.75, 3.05) is 26.9 Å². The zero-order chi connectivity index (χ0) is 17.0. The van der Waals surface area contributed by atoms with E-state index in [0.29, 0.717) is 13.1 Å². The van der Waals surface area contributed by atoms with Crippen molar-refractivity contribution in [3.63, 3.8) is 0 Å². The molecule has 0 saturated carbocycles. The van der Waals surface area contributed by atoms with Crippen LogP contribution in [0.5, 0.6) is 0 Å². The third-order valence-electron chi connectivity index (χ3n) is 4.13. The quantitative estimate of drug-likeness (QED) is 0.809. The number of carbonyl (C=O) groups excluding carboxylic acids is 2. The van der Waals surface area contributed by atoms with Gasteiger partial charge in [-0.3, -0.25) is 4.79 Å². The fraction of sp³-hybridized carbons (Fsp3) is 0.875. The molecule has 1 N–H and O–H groups in total. The Morgan fingerprint density at radius 3 is 2.14 bits per heavy atom. The molecule has 0 unspecified atom stereocenters. The van der Waals surface area contributed by atoms with Crippen LogP contribution in [0.15, 0.2) is 0 Å². The van der Waals surface area contributed by atoms with Crippen LogP contribution in [0.3, 0.4) is 0 Å². The molecule has 6 heteroatoms. The highest BCUT2D eigenvalue weighted by Gasteiger charge is 2.39. The van der Waals surface area contributed by atoms with Crippen LogP contribution in [0.2, 0.25) is 0 Å². The molecule has 128 valence electrons. The lowest BCUT2D eigenvalue weighted by Gasteiger charge is -2.39. The van der Waals surface area contributed by atoms with E-state index >= 15 is 0 Å². The van der Waals surface area contributed by atoms with Crippen molar-refractivity contribution in [3.8, 4) is 0 Å². The van der Waals surface area contributed by atoms with Crippen molar-refractivity contribution in [1.29, 1.82) is 0 Å². The SMILES string of the molecule is COCNC(=O)C(C)(C)C1CCN(C(=O)OC(C)(C)C)CC1. The van der Waals surface area contributed by atoms with Gasteiger partial charge in [0.05, 0.1) is 0 Å². The maximum atomic E-state index is 12.2. The van der Waals surface area contributed by atoms with Crippen molar-refractivity contribution in [3.05, 3.63) is 0 Å². The molecule has 1 saturated heterocycles. The highest BCUT2D eigenvalue weighted by molar-refractivity contribution is 5.82. The van der Waals surface area contributed by atoms with E-state index in [1.807, 2.05) is 34.6 Å². The lowest BCUT2D eigenvalue weighted by Crippen LogP contribution is -2.48. The summed E-state index contributed by atoms with van der Waals surface area (Å²) in [6.07, 6.45) is 1.33. The minimum absolute atomic E-state index is 0.00920. The molecule has 0 atom stereocenters. The van der Waals surface area contributed by atoms with Crippen LogP contribution in [-0.2, 0) is 14.3 Å². The van der Waals surface area contributed by atoms with Crippen molar-refractivity contribution < 1.29 is 19.1 Å². The van der Waals surface area contributed by atoms with Gasteiger partial charge >= 0.3 is 6.09 Å². The van der Waals surface area contributed by atoms with E-state index in [9.17, 15) is 9.59 Å². The number of rotatable bonds is 4. The average molecular weight is 314 g/mol. The summed E-state index contributed by atoms with van der Waals surface area (Å²) < 4.78 is 10.3. The lowest BCUT2D eigenvalue weighted by atomic mass is 9.73. The second-order valence-corrected chi connectivity index (χ2v) is 7.40. The largest absolute Gasteiger partial charge is 0.444 e. The standard InChI is InChI=1S/C16H30N2O4/c1-15(2,3)22-14(20)18-9-7-12(8-10-18)16(4,5)13(19)17-11-21-6/h12H,7-11H2,1-6H3,(H,17,19). The lowest BCUT2D eigenvalue weighted by molar-refractivity contribution is -0.134. The zero-order valence-corrected chi connectivity index (χ0v) is 14.7. The van der Waals surface area contributed by atoms with Gasteiger partial charge in [0, 0.05) is 25.6 Å². The minimum Gasteiger partial charge on any atom is -0.444 e. The Bertz CT molecular complexity index is 393. The average Bonchev–Trinajstić information content (AvgIpc) is 2.43. The Labute approximate surface area is 133 Å². The van der Waals surface area contributed by atoms with Gasteiger partial charge in [-0.05, 0) is 39.5 Å². The molecule has 0 aromatic heterocycles. The molecule has 0 aromatic rings. The Balaban J connectivity index is 2.54. The third kappa shape index (κ3) is 5.16. The number of hydrogen-bond acceptors (Lipinski definition) is 4. The molecule has 1 rings (SSSR count). The molecule has 2 amide bonds. The van der Waals surface area contributed by atoms with E-state index in [1.54, 1.807) is 12.0 Å².